The second-order valence-electron chi connectivity index (χ2n) is 7.88. The number of nitrogens with zero attached hydrogens (tertiary/aromatic N) is 1. The van der Waals surface area contributed by atoms with Gasteiger partial charge in [-0.1, -0.05) is 30.5 Å². The molecule has 2 amide bonds. The average molecular weight is 556 g/mol. The van der Waals surface area contributed by atoms with Gasteiger partial charge in [-0.05, 0) is 31.1 Å². The van der Waals surface area contributed by atoms with E-state index < -0.39 is 5.91 Å². The Labute approximate surface area is 226 Å². The number of aliphatic hydroxyl groups is 1. The quantitative estimate of drug-likeness (QED) is 0.0876. The van der Waals surface area contributed by atoms with Crippen molar-refractivity contribution >= 4 is 47.1 Å². The molecule has 3 heterocycles. The van der Waals surface area contributed by atoms with Gasteiger partial charge in [0.25, 0.3) is 5.91 Å². The number of fused-ring (bicyclic) bond motifs is 23. The summed E-state index contributed by atoms with van der Waals surface area (Å²) in [5.74, 6) is -1.02. The molecule has 2 aliphatic rings. The topological polar surface area (TPSA) is 160 Å². The molecule has 2 bridgehead atoms. The van der Waals surface area contributed by atoms with E-state index in [0.29, 0.717) is 68.7 Å². The van der Waals surface area contributed by atoms with Crippen molar-refractivity contribution in [2.45, 2.75) is 13.3 Å². The number of aliphatic hydroxyl groups excluding tert-OH is 1. The Balaban J connectivity index is 2.00. The van der Waals surface area contributed by atoms with Gasteiger partial charge < -0.3 is 41.1 Å². The van der Waals surface area contributed by atoms with Crippen LogP contribution in [0.1, 0.15) is 29.4 Å². The van der Waals surface area contributed by atoms with Crippen LogP contribution in [0, 0.1) is 4.64 Å². The molecule has 0 radical (unpaired) electrons. The zero-order chi connectivity index (χ0) is 27.0. The molecule has 0 unspecified atom stereocenters. The van der Waals surface area contributed by atoms with E-state index in [0.717, 1.165) is 5.57 Å². The first-order valence-corrected chi connectivity index (χ1v) is 12.8. The lowest BCUT2D eigenvalue weighted by atomic mass is 10.2. The summed E-state index contributed by atoms with van der Waals surface area (Å²) in [6, 6.07) is 2.79. The van der Waals surface area contributed by atoms with Crippen LogP contribution in [0.2, 0.25) is 0 Å². The van der Waals surface area contributed by atoms with E-state index in [4.69, 9.17) is 33.9 Å². The van der Waals surface area contributed by atoms with Crippen LogP contribution in [-0.4, -0.2) is 103 Å². The standard InChI is InChI=1S/C23H34N6O6S2/c1-2-16-14-24-8-10-34-12-13-35-11-9-27-20(31)17-4-5-18(29(33)23(17)37)21(32)26-7-3-6-25-19(30)15-28-22(16)36/h2,4-5,24,33H,3,6-15H2,1H3,(H,25,30)(H,26,32)(H,27,31)(H,28,36)/p+1/b16-2-. The first kappa shape index (κ1) is 30.3. The highest BCUT2D eigenvalue weighted by Gasteiger charge is 2.17. The Kier molecular flexibility index (Phi) is 13.7. The summed E-state index contributed by atoms with van der Waals surface area (Å²) in [5, 5.41) is 32.2. The average Bonchev–Trinajstić information content (AvgIpc) is 2.88. The smallest absolute Gasteiger partial charge is 0.369 e. The second kappa shape index (κ2) is 16.8. The van der Waals surface area contributed by atoms with Crippen molar-refractivity contribution < 1.29 is 34.4 Å². The van der Waals surface area contributed by atoms with Gasteiger partial charge in [-0.25, -0.2) is 4.99 Å². The van der Waals surface area contributed by atoms with Crippen molar-refractivity contribution in [3.05, 3.63) is 39.7 Å². The van der Waals surface area contributed by atoms with E-state index >= 15 is 0 Å². The summed E-state index contributed by atoms with van der Waals surface area (Å²) < 4.78 is 11.4. The molecule has 0 aliphatic carbocycles. The minimum Gasteiger partial charge on any atom is -0.460 e. The molecular formula is C23H35N6O6S2+. The van der Waals surface area contributed by atoms with E-state index in [1.165, 1.54) is 12.1 Å². The molecule has 0 saturated heterocycles. The molecule has 37 heavy (non-hydrogen) atoms. The number of carbonyl (C=O) groups is 2. The number of ether oxygens (including phenoxy) is 2. The van der Waals surface area contributed by atoms with Gasteiger partial charge in [-0.2, -0.15) is 4.73 Å². The molecule has 0 saturated carbocycles. The SMILES string of the molecule is C/C=C1/CNCCOCCOCC[NH+]=C(O)c2ccc(n(O)c2=S)C(=O)NCCCNC(=O)CNC1=S. The van der Waals surface area contributed by atoms with Crippen molar-refractivity contribution in [2.24, 2.45) is 0 Å². The van der Waals surface area contributed by atoms with E-state index in [-0.39, 0.29) is 40.8 Å². The Morgan fingerprint density at radius 2 is 1.73 bits per heavy atom. The number of hydrogen-bond donors (Lipinski definition) is 7. The number of thiocarbonyl (C=S) groups is 1. The molecule has 0 fully saturated rings. The van der Waals surface area contributed by atoms with Crippen molar-refractivity contribution in [1.29, 1.82) is 0 Å². The lowest BCUT2D eigenvalue weighted by molar-refractivity contribution is -0.469. The van der Waals surface area contributed by atoms with Crippen LogP contribution in [0.4, 0.5) is 0 Å². The van der Waals surface area contributed by atoms with Crippen molar-refractivity contribution in [2.75, 3.05) is 65.7 Å². The van der Waals surface area contributed by atoms with E-state index in [1.54, 1.807) is 0 Å². The molecule has 0 atom stereocenters. The van der Waals surface area contributed by atoms with Crippen LogP contribution in [0.25, 0.3) is 0 Å². The predicted molar refractivity (Wildman–Crippen MR) is 144 cm³/mol. The van der Waals surface area contributed by atoms with Crippen LogP contribution in [0.3, 0.4) is 0 Å². The van der Waals surface area contributed by atoms with Crippen LogP contribution in [-0.2, 0) is 14.3 Å². The fourth-order valence-corrected chi connectivity index (χ4v) is 3.69. The fraction of sp³-hybridized carbons (Fsp3) is 0.522. The molecule has 3 rings (SSSR count). The zero-order valence-electron chi connectivity index (χ0n) is 20.8. The summed E-state index contributed by atoms with van der Waals surface area (Å²) in [4.78, 5) is 27.8. The van der Waals surface area contributed by atoms with Gasteiger partial charge in [0.15, 0.2) is 11.2 Å². The lowest BCUT2D eigenvalue weighted by Gasteiger charge is -2.13. The Morgan fingerprint density at radius 1 is 1.00 bits per heavy atom. The number of pyridine rings is 1. The van der Waals surface area contributed by atoms with Crippen molar-refractivity contribution in [3.8, 4) is 0 Å². The van der Waals surface area contributed by atoms with Gasteiger partial charge in [0.2, 0.25) is 5.91 Å². The molecule has 0 spiro atoms. The highest BCUT2D eigenvalue weighted by atomic mass is 32.1. The predicted octanol–water partition coefficient (Wildman–Crippen LogP) is -1.42. The summed E-state index contributed by atoms with van der Waals surface area (Å²) in [6.07, 6.45) is 2.36. The molecule has 204 valence electrons. The van der Waals surface area contributed by atoms with Crippen LogP contribution in [0.15, 0.2) is 23.8 Å². The van der Waals surface area contributed by atoms with E-state index in [2.05, 4.69) is 26.3 Å². The highest BCUT2D eigenvalue weighted by Crippen LogP contribution is 2.06. The third-order valence-electron chi connectivity index (χ3n) is 5.21. The number of hydrogen-bond acceptors (Lipinski definition) is 8. The monoisotopic (exact) mass is 555 g/mol. The Hall–Kier alpha value is -2.91. The molecule has 1 aromatic heterocycles. The number of allylic oxidation sites excluding steroid dienone is 1. The first-order valence-electron chi connectivity index (χ1n) is 11.9. The van der Waals surface area contributed by atoms with Gasteiger partial charge in [0, 0.05) is 26.2 Å². The van der Waals surface area contributed by atoms with Gasteiger partial charge in [0.05, 0.1) is 26.4 Å². The van der Waals surface area contributed by atoms with Gasteiger partial charge in [0.1, 0.15) is 22.9 Å². The maximum absolute atomic E-state index is 12.4. The minimum atomic E-state index is -0.550. The largest absolute Gasteiger partial charge is 0.460 e. The number of carbonyl (C=O) groups excluding carboxylic acids is 2. The fourth-order valence-electron chi connectivity index (χ4n) is 3.16. The summed E-state index contributed by atoms with van der Waals surface area (Å²) in [6.45, 7) is 5.56. The third kappa shape index (κ3) is 10.5. The Morgan fingerprint density at radius 3 is 2.49 bits per heavy atom. The van der Waals surface area contributed by atoms with Gasteiger partial charge in [-0.3, -0.25) is 9.59 Å². The molecule has 1 aromatic rings. The van der Waals surface area contributed by atoms with E-state index in [1.807, 2.05) is 13.0 Å². The molecular weight excluding hydrogens is 520 g/mol. The summed E-state index contributed by atoms with van der Waals surface area (Å²) in [7, 11) is 0. The lowest BCUT2D eigenvalue weighted by Crippen LogP contribution is -2.74. The number of aromatic nitrogens is 1. The van der Waals surface area contributed by atoms with Gasteiger partial charge in [-0.15, -0.1) is 0 Å². The minimum absolute atomic E-state index is 0.0306. The summed E-state index contributed by atoms with van der Waals surface area (Å²) in [5.41, 5.74) is 0.951. The molecule has 0 aromatic carbocycles. The van der Waals surface area contributed by atoms with Crippen molar-refractivity contribution in [3.63, 3.8) is 0 Å². The van der Waals surface area contributed by atoms with Gasteiger partial charge >= 0.3 is 5.90 Å². The number of rotatable bonds is 0. The van der Waals surface area contributed by atoms with Crippen LogP contribution >= 0.6 is 24.4 Å². The Bertz CT molecular complexity index is 1060. The van der Waals surface area contributed by atoms with Crippen molar-refractivity contribution in [1.82, 2.24) is 26.0 Å². The number of nitrogens with one attached hydrogen (secondary N) is 5. The molecule has 14 heteroatoms. The second-order valence-corrected chi connectivity index (χ2v) is 8.68. The molecule has 2 aliphatic heterocycles. The molecule has 7 N–H and O–H groups in total. The van der Waals surface area contributed by atoms with Crippen LogP contribution < -0.4 is 26.3 Å². The first-order chi connectivity index (χ1) is 17.8. The van der Waals surface area contributed by atoms with E-state index in [9.17, 15) is 19.9 Å². The third-order valence-corrected chi connectivity index (χ3v) is 6.01. The molecule has 12 nitrogen and oxygen atoms in total. The normalized spacial score (nSPS) is 19.9. The highest BCUT2D eigenvalue weighted by molar-refractivity contribution is 7.80. The summed E-state index contributed by atoms with van der Waals surface area (Å²) >= 11 is 10.6. The number of amides is 2. The zero-order valence-corrected chi connectivity index (χ0v) is 22.4. The maximum atomic E-state index is 12.4. The van der Waals surface area contributed by atoms with Crippen LogP contribution in [0.5, 0.6) is 0 Å². The maximum Gasteiger partial charge on any atom is 0.369 e.